The van der Waals surface area contributed by atoms with Crippen LogP contribution in [0.1, 0.15) is 6.42 Å². The monoisotopic (exact) mass is 384 g/mol. The molecule has 2 aromatic heterocycles. The normalized spacial score (nSPS) is 13.8. The third-order valence-electron chi connectivity index (χ3n) is 4.00. The first kappa shape index (κ1) is 17.0. The van der Waals surface area contributed by atoms with Gasteiger partial charge in [0.15, 0.2) is 11.1 Å². The van der Waals surface area contributed by atoms with Crippen molar-refractivity contribution in [2.24, 2.45) is 4.99 Å². The maximum Gasteiger partial charge on any atom is 0.197 e. The van der Waals surface area contributed by atoms with Crippen LogP contribution < -0.4 is 15.5 Å². The third kappa shape index (κ3) is 3.71. The van der Waals surface area contributed by atoms with E-state index in [-0.39, 0.29) is 0 Å². The molecule has 0 unspecified atom stereocenters. The number of benzene rings is 1. The second kappa shape index (κ2) is 7.43. The summed E-state index contributed by atoms with van der Waals surface area (Å²) in [4.78, 5) is 15.9. The van der Waals surface area contributed by atoms with Crippen LogP contribution in [0.5, 0.6) is 0 Å². The van der Waals surface area contributed by atoms with Crippen LogP contribution in [0.4, 0.5) is 10.8 Å². The van der Waals surface area contributed by atoms with Gasteiger partial charge in [0.25, 0.3) is 0 Å². The maximum absolute atomic E-state index is 4.78. The Balaban J connectivity index is 1.53. The minimum Gasteiger partial charge on any atom is -0.378 e. The molecule has 134 valence electrons. The van der Waals surface area contributed by atoms with Crippen molar-refractivity contribution in [3.8, 4) is 22.0 Å². The van der Waals surface area contributed by atoms with Gasteiger partial charge in [-0.3, -0.25) is 4.99 Å². The van der Waals surface area contributed by atoms with Crippen molar-refractivity contribution >= 4 is 39.5 Å². The van der Waals surface area contributed by atoms with Crippen LogP contribution in [0, 0.1) is 0 Å². The van der Waals surface area contributed by atoms with E-state index < -0.39 is 0 Å². The Bertz CT molecular complexity index is 927. The van der Waals surface area contributed by atoms with Crippen LogP contribution in [0.2, 0.25) is 0 Å². The van der Waals surface area contributed by atoms with Crippen molar-refractivity contribution < 1.29 is 0 Å². The van der Waals surface area contributed by atoms with Crippen molar-refractivity contribution in [3.63, 3.8) is 0 Å². The van der Waals surface area contributed by atoms with Crippen molar-refractivity contribution in [1.82, 2.24) is 15.3 Å². The minimum atomic E-state index is 0.802. The van der Waals surface area contributed by atoms with E-state index in [9.17, 15) is 0 Å². The van der Waals surface area contributed by atoms with E-state index in [0.717, 1.165) is 52.6 Å². The number of aromatic nitrogens is 2. The Morgan fingerprint density at radius 3 is 2.77 bits per heavy atom. The first-order valence-electron chi connectivity index (χ1n) is 8.43. The van der Waals surface area contributed by atoms with Gasteiger partial charge in [-0.25, -0.2) is 9.97 Å². The molecule has 6 nitrogen and oxygen atoms in total. The lowest BCUT2D eigenvalue weighted by Gasteiger charge is -2.14. The zero-order chi connectivity index (χ0) is 17.9. The lowest BCUT2D eigenvalue weighted by Crippen LogP contribution is -2.35. The van der Waals surface area contributed by atoms with E-state index in [4.69, 9.17) is 4.98 Å². The van der Waals surface area contributed by atoms with E-state index in [1.165, 1.54) is 5.69 Å². The molecule has 0 saturated carbocycles. The molecule has 3 heterocycles. The molecule has 1 aliphatic heterocycles. The van der Waals surface area contributed by atoms with Crippen LogP contribution in [0.25, 0.3) is 22.0 Å². The summed E-state index contributed by atoms with van der Waals surface area (Å²) in [5, 5.41) is 12.4. The second-order valence-electron chi connectivity index (χ2n) is 6.16. The second-order valence-corrected chi connectivity index (χ2v) is 7.87. The number of nitrogens with zero attached hydrogens (tertiary/aromatic N) is 4. The van der Waals surface area contributed by atoms with Gasteiger partial charge in [-0.15, -0.1) is 22.7 Å². The zero-order valence-corrected chi connectivity index (χ0v) is 16.3. The predicted molar refractivity (Wildman–Crippen MR) is 112 cm³/mol. The number of hydrogen-bond acceptors (Lipinski definition) is 8. The number of rotatable bonds is 4. The molecule has 8 heteroatoms. The molecule has 0 aliphatic carbocycles. The first-order valence-corrected chi connectivity index (χ1v) is 10.2. The molecular weight excluding hydrogens is 364 g/mol. The van der Waals surface area contributed by atoms with Gasteiger partial charge in [-0.2, -0.15) is 0 Å². The van der Waals surface area contributed by atoms with Crippen LogP contribution in [0.15, 0.2) is 40.0 Å². The van der Waals surface area contributed by atoms with Gasteiger partial charge in [-0.1, -0.05) is 12.1 Å². The molecule has 1 aromatic carbocycles. The highest BCUT2D eigenvalue weighted by Crippen LogP contribution is 2.32. The number of hydrogen-bond donors (Lipinski definition) is 2. The van der Waals surface area contributed by atoms with Gasteiger partial charge in [-0.05, 0) is 18.6 Å². The number of aliphatic imine (C=N–C) groups is 1. The van der Waals surface area contributed by atoms with Crippen LogP contribution in [0.3, 0.4) is 0 Å². The molecule has 0 bridgehead atoms. The Labute approximate surface area is 160 Å². The van der Waals surface area contributed by atoms with E-state index in [1.54, 1.807) is 22.7 Å². The van der Waals surface area contributed by atoms with Crippen LogP contribution >= 0.6 is 22.7 Å². The summed E-state index contributed by atoms with van der Waals surface area (Å²) >= 11 is 3.21. The molecule has 0 radical (unpaired) electrons. The van der Waals surface area contributed by atoms with Crippen molar-refractivity contribution in [2.45, 2.75) is 6.42 Å². The fraction of sp³-hybridized carbons (Fsp3) is 0.278. The molecule has 0 saturated heterocycles. The molecule has 1 aliphatic rings. The molecule has 3 aromatic rings. The molecule has 2 N–H and O–H groups in total. The number of anilines is 2. The van der Waals surface area contributed by atoms with Gasteiger partial charge in [0.1, 0.15) is 16.4 Å². The van der Waals surface area contributed by atoms with Gasteiger partial charge in [0.2, 0.25) is 0 Å². The average molecular weight is 385 g/mol. The van der Waals surface area contributed by atoms with Crippen molar-refractivity contribution in [1.29, 1.82) is 0 Å². The number of guanidine groups is 1. The van der Waals surface area contributed by atoms with Crippen molar-refractivity contribution in [2.75, 3.05) is 37.4 Å². The highest BCUT2D eigenvalue weighted by Gasteiger charge is 2.12. The van der Waals surface area contributed by atoms with Crippen LogP contribution in [-0.2, 0) is 0 Å². The SMILES string of the molecule is CN(C)c1cccc(-c2nc(-c3csc(NC4=NCCCN4)n3)cs2)c1. The zero-order valence-electron chi connectivity index (χ0n) is 14.7. The highest BCUT2D eigenvalue weighted by molar-refractivity contribution is 7.14. The molecule has 0 amide bonds. The Morgan fingerprint density at radius 2 is 1.96 bits per heavy atom. The first-order chi connectivity index (χ1) is 12.7. The van der Waals surface area contributed by atoms with E-state index >= 15 is 0 Å². The standard InChI is InChI=1S/C18H20N6S2/c1-24(2)13-6-3-5-12(9-13)16-21-14(10-25-16)15-11-26-18(22-15)23-17-19-7-4-8-20-17/h3,5-6,9-11H,4,7-8H2,1-2H3,(H2,19,20,22,23). The van der Waals surface area contributed by atoms with Gasteiger partial charge in [0.05, 0.1) is 0 Å². The van der Waals surface area contributed by atoms with E-state index in [2.05, 4.69) is 55.2 Å². The largest absolute Gasteiger partial charge is 0.378 e. The van der Waals surface area contributed by atoms with Crippen LogP contribution in [-0.4, -0.2) is 43.1 Å². The Morgan fingerprint density at radius 1 is 1.12 bits per heavy atom. The molecule has 26 heavy (non-hydrogen) atoms. The highest BCUT2D eigenvalue weighted by atomic mass is 32.1. The summed E-state index contributed by atoms with van der Waals surface area (Å²) in [6, 6.07) is 8.41. The molecule has 4 rings (SSSR count). The lowest BCUT2D eigenvalue weighted by atomic mass is 10.2. The minimum absolute atomic E-state index is 0.802. The van der Waals surface area contributed by atoms with Gasteiger partial charge in [0, 0.05) is 49.2 Å². The topological polar surface area (TPSA) is 65.4 Å². The summed E-state index contributed by atoms with van der Waals surface area (Å²) < 4.78 is 0. The number of nitrogens with one attached hydrogen (secondary N) is 2. The van der Waals surface area contributed by atoms with E-state index in [1.807, 2.05) is 19.5 Å². The Hall–Kier alpha value is -2.45. The quantitative estimate of drug-likeness (QED) is 0.717. The summed E-state index contributed by atoms with van der Waals surface area (Å²) in [6.45, 7) is 1.81. The maximum atomic E-state index is 4.78. The van der Waals surface area contributed by atoms with E-state index in [0.29, 0.717) is 0 Å². The summed E-state index contributed by atoms with van der Waals surface area (Å²) in [5.74, 6) is 0.802. The summed E-state index contributed by atoms with van der Waals surface area (Å²) in [7, 11) is 4.09. The predicted octanol–water partition coefficient (Wildman–Crippen LogP) is 3.76. The molecular formula is C18H20N6S2. The summed E-state index contributed by atoms with van der Waals surface area (Å²) in [6.07, 6.45) is 1.07. The smallest absolute Gasteiger partial charge is 0.197 e. The Kier molecular flexibility index (Phi) is 4.85. The fourth-order valence-electron chi connectivity index (χ4n) is 2.61. The average Bonchev–Trinajstić information content (AvgIpc) is 3.32. The molecule has 0 fully saturated rings. The lowest BCUT2D eigenvalue weighted by molar-refractivity contribution is 0.740. The van der Waals surface area contributed by atoms with Gasteiger partial charge >= 0.3 is 0 Å². The number of thiazole rings is 2. The van der Waals surface area contributed by atoms with Gasteiger partial charge < -0.3 is 15.5 Å². The third-order valence-corrected chi connectivity index (χ3v) is 5.65. The molecule has 0 atom stereocenters. The fourth-order valence-corrected chi connectivity index (χ4v) is 4.12. The molecule has 0 spiro atoms. The summed E-state index contributed by atoms with van der Waals surface area (Å²) in [5.41, 5.74) is 4.09. The van der Waals surface area contributed by atoms with Crippen molar-refractivity contribution in [3.05, 3.63) is 35.0 Å².